The maximum atomic E-state index is 12.6. The smallest absolute Gasteiger partial charge is 0.379 e. The molecule has 0 atom stereocenters. The molecule has 1 fully saturated rings. The number of hydrogen-bond donors (Lipinski definition) is 1. The first-order valence-electron chi connectivity index (χ1n) is 10.8. The van der Waals surface area contributed by atoms with Crippen LogP contribution in [0.5, 0.6) is 0 Å². The highest BCUT2D eigenvalue weighted by Crippen LogP contribution is 2.35. The lowest BCUT2D eigenvalue weighted by Gasteiger charge is -2.26. The number of alkyl halides is 3. The molecule has 186 valence electrons. The van der Waals surface area contributed by atoms with E-state index in [-0.39, 0.29) is 17.9 Å². The number of nitrogens with zero attached hydrogens (tertiary/aromatic N) is 2. The first-order valence-corrected chi connectivity index (χ1v) is 13.1. The van der Waals surface area contributed by atoms with Crippen LogP contribution in [0.25, 0.3) is 0 Å². The average molecular weight is 536 g/mol. The summed E-state index contributed by atoms with van der Waals surface area (Å²) >= 11 is 12.6. The fourth-order valence-corrected chi connectivity index (χ4v) is 6.06. The van der Waals surface area contributed by atoms with Gasteiger partial charge in [-0.05, 0) is 61.1 Å². The maximum Gasteiger partial charge on any atom is 0.379 e. The molecule has 11 heteroatoms. The van der Waals surface area contributed by atoms with Gasteiger partial charge in [-0.25, -0.2) is 0 Å². The van der Waals surface area contributed by atoms with Crippen LogP contribution < -0.4 is 5.32 Å². The molecular formula is C23H26Cl2F3N3O2S. The second-order valence-electron chi connectivity index (χ2n) is 8.34. The average Bonchev–Trinajstić information content (AvgIpc) is 3.22. The number of amides is 1. The Labute approximate surface area is 209 Å². The second kappa shape index (κ2) is 12.2. The summed E-state index contributed by atoms with van der Waals surface area (Å²) in [5.74, 6) is 1.36. The molecule has 0 unspecified atom stereocenters. The van der Waals surface area contributed by atoms with E-state index in [0.29, 0.717) is 30.9 Å². The van der Waals surface area contributed by atoms with Crippen LogP contribution in [0, 0.1) is 5.92 Å². The van der Waals surface area contributed by atoms with Crippen LogP contribution in [0.1, 0.15) is 29.7 Å². The first kappa shape index (κ1) is 26.8. The minimum absolute atomic E-state index is 0.0173. The summed E-state index contributed by atoms with van der Waals surface area (Å²) in [6, 6.07) is 7.88. The van der Waals surface area contributed by atoms with Gasteiger partial charge in [0.15, 0.2) is 0 Å². The Morgan fingerprint density at radius 2 is 1.68 bits per heavy atom. The van der Waals surface area contributed by atoms with Crippen molar-refractivity contribution in [2.75, 3.05) is 23.9 Å². The van der Waals surface area contributed by atoms with Gasteiger partial charge in [0.05, 0.1) is 24.1 Å². The Morgan fingerprint density at radius 3 is 2.18 bits per heavy atom. The molecule has 2 aromatic rings. The lowest BCUT2D eigenvalue weighted by Crippen LogP contribution is -2.36. The second-order valence-corrected chi connectivity index (χ2v) is 10.8. The van der Waals surface area contributed by atoms with E-state index in [0.717, 1.165) is 45.4 Å². The van der Waals surface area contributed by atoms with E-state index < -0.39 is 17.5 Å². The number of rotatable bonds is 5. The number of hydrogen-bond acceptors (Lipinski definition) is 4. The third-order valence-electron chi connectivity index (χ3n) is 5.93. The van der Waals surface area contributed by atoms with Gasteiger partial charge < -0.3 is 10.2 Å². The van der Waals surface area contributed by atoms with Gasteiger partial charge in [0.2, 0.25) is 5.91 Å². The van der Waals surface area contributed by atoms with Gasteiger partial charge in [0.1, 0.15) is 0 Å². The largest absolute Gasteiger partial charge is 0.380 e. The van der Waals surface area contributed by atoms with Crippen molar-refractivity contribution < 1.29 is 22.2 Å². The highest BCUT2D eigenvalue weighted by molar-refractivity contribution is 7.85. The summed E-state index contributed by atoms with van der Waals surface area (Å²) < 4.78 is 40.5. The van der Waals surface area contributed by atoms with Gasteiger partial charge in [0.25, 0.3) is 0 Å². The van der Waals surface area contributed by atoms with Crippen LogP contribution in [0.2, 0.25) is 10.0 Å². The van der Waals surface area contributed by atoms with Gasteiger partial charge in [-0.2, -0.15) is 13.2 Å². The number of nitrogens with one attached hydrogen (secondary N) is 1. The molecule has 1 aromatic heterocycles. The Kier molecular flexibility index (Phi) is 9.62. The molecule has 1 N–H and O–H groups in total. The molecule has 34 heavy (non-hydrogen) atoms. The number of aromatic nitrogens is 1. The Bertz CT molecular complexity index is 984. The SMILES string of the molecule is CN(Cc1ccc(NC2Cc3c(Cl)ccc(Cl)c3C2)cn1)C(=O)C1CCS(=O)CC1.FC(F)F. The van der Waals surface area contributed by atoms with E-state index in [1.54, 1.807) is 4.90 Å². The molecule has 0 bridgehead atoms. The molecule has 4 rings (SSSR count). The van der Waals surface area contributed by atoms with E-state index in [2.05, 4.69) is 10.3 Å². The summed E-state index contributed by atoms with van der Waals surface area (Å²) in [6.45, 7) is -3.20. The predicted molar refractivity (Wildman–Crippen MR) is 130 cm³/mol. The summed E-state index contributed by atoms with van der Waals surface area (Å²) in [4.78, 5) is 18.9. The van der Waals surface area contributed by atoms with Crippen molar-refractivity contribution in [3.05, 3.63) is 57.3 Å². The van der Waals surface area contributed by atoms with E-state index in [9.17, 15) is 22.2 Å². The van der Waals surface area contributed by atoms with Crippen molar-refractivity contribution in [3.63, 3.8) is 0 Å². The van der Waals surface area contributed by atoms with Gasteiger partial charge in [0, 0.05) is 51.4 Å². The topological polar surface area (TPSA) is 62.3 Å². The number of benzene rings is 1. The number of carbonyl (C=O) groups is 1. The predicted octanol–water partition coefficient (Wildman–Crippen LogP) is 5.26. The summed E-state index contributed by atoms with van der Waals surface area (Å²) in [6.07, 6.45) is 4.90. The molecule has 1 amide bonds. The number of anilines is 1. The number of fused-ring (bicyclic) bond motifs is 1. The van der Waals surface area contributed by atoms with Crippen molar-refractivity contribution in [1.82, 2.24) is 9.88 Å². The highest BCUT2D eigenvalue weighted by Gasteiger charge is 2.27. The van der Waals surface area contributed by atoms with Gasteiger partial charge in [-0.15, -0.1) is 0 Å². The van der Waals surface area contributed by atoms with Crippen LogP contribution in [0.15, 0.2) is 30.5 Å². The minimum Gasteiger partial charge on any atom is -0.380 e. The molecule has 0 radical (unpaired) electrons. The van der Waals surface area contributed by atoms with Crippen LogP contribution in [0.4, 0.5) is 18.9 Å². The van der Waals surface area contributed by atoms with Gasteiger partial charge >= 0.3 is 6.68 Å². The Balaban J connectivity index is 0.000000751. The Hall–Kier alpha value is -1.84. The molecule has 2 aliphatic rings. The summed E-state index contributed by atoms with van der Waals surface area (Å²) in [5.41, 5.74) is 4.03. The van der Waals surface area contributed by atoms with Crippen LogP contribution in [-0.4, -0.2) is 51.3 Å². The van der Waals surface area contributed by atoms with Crippen molar-refractivity contribution in [2.45, 2.75) is 44.9 Å². The molecule has 1 aromatic carbocycles. The summed E-state index contributed by atoms with van der Waals surface area (Å²) in [5, 5.41) is 5.05. The van der Waals surface area contributed by atoms with Crippen molar-refractivity contribution >= 4 is 45.6 Å². The molecular weight excluding hydrogens is 510 g/mol. The fourth-order valence-electron chi connectivity index (χ4n) is 4.26. The molecule has 5 nitrogen and oxygen atoms in total. The normalized spacial score (nSPS) is 19.9. The molecule has 0 spiro atoms. The fraction of sp³-hybridized carbons (Fsp3) is 0.478. The lowest BCUT2D eigenvalue weighted by atomic mass is 10.0. The molecule has 2 heterocycles. The molecule has 1 aliphatic heterocycles. The monoisotopic (exact) mass is 535 g/mol. The Morgan fingerprint density at radius 1 is 1.12 bits per heavy atom. The van der Waals surface area contributed by atoms with Crippen molar-refractivity contribution in [1.29, 1.82) is 0 Å². The zero-order chi connectivity index (χ0) is 24.8. The number of carbonyl (C=O) groups excluding carboxylic acids is 1. The van der Waals surface area contributed by atoms with E-state index in [1.807, 2.05) is 37.5 Å². The van der Waals surface area contributed by atoms with Gasteiger partial charge in [-0.1, -0.05) is 23.2 Å². The quantitative estimate of drug-likeness (QED) is 0.566. The first-order chi connectivity index (χ1) is 16.1. The third kappa shape index (κ3) is 7.33. The number of halogens is 5. The number of pyridine rings is 1. The van der Waals surface area contributed by atoms with Gasteiger partial charge in [-0.3, -0.25) is 14.0 Å². The minimum atomic E-state index is -3.67. The molecule has 1 aliphatic carbocycles. The standard InChI is InChI=1S/C22H25Cl2N3O2S.CHF3/c1-27(22(28)14-6-8-30(29)9-7-14)13-16-3-2-15(12-25-16)26-17-10-18-19(11-17)21(24)5-4-20(18)23;2-1(3)4/h2-5,12,14,17,26H,6-11,13H2,1H3;1H. The van der Waals surface area contributed by atoms with E-state index in [4.69, 9.17) is 23.2 Å². The summed E-state index contributed by atoms with van der Waals surface area (Å²) in [7, 11) is 1.06. The molecule has 1 saturated heterocycles. The van der Waals surface area contributed by atoms with Crippen molar-refractivity contribution in [2.24, 2.45) is 5.92 Å². The van der Waals surface area contributed by atoms with E-state index in [1.165, 1.54) is 0 Å². The third-order valence-corrected chi connectivity index (χ3v) is 8.02. The van der Waals surface area contributed by atoms with Crippen LogP contribution >= 0.6 is 23.2 Å². The van der Waals surface area contributed by atoms with E-state index >= 15 is 0 Å². The van der Waals surface area contributed by atoms with Crippen LogP contribution in [-0.2, 0) is 35.0 Å². The molecule has 0 saturated carbocycles. The lowest BCUT2D eigenvalue weighted by molar-refractivity contribution is -0.135. The zero-order valence-electron chi connectivity index (χ0n) is 18.6. The zero-order valence-corrected chi connectivity index (χ0v) is 20.9. The highest BCUT2D eigenvalue weighted by atomic mass is 35.5. The van der Waals surface area contributed by atoms with Crippen molar-refractivity contribution in [3.8, 4) is 0 Å². The maximum absolute atomic E-state index is 12.6. The van der Waals surface area contributed by atoms with Crippen LogP contribution in [0.3, 0.4) is 0 Å².